The van der Waals surface area contributed by atoms with Gasteiger partial charge in [0.25, 0.3) is 0 Å². The largest absolute Gasteiger partial charge is 0.353 e. The Morgan fingerprint density at radius 1 is 1.38 bits per heavy atom. The first-order valence-corrected chi connectivity index (χ1v) is 7.53. The normalized spacial score (nSPS) is 38.9. The van der Waals surface area contributed by atoms with Gasteiger partial charge in [0, 0.05) is 17.8 Å². The minimum absolute atomic E-state index is 0.188. The Bertz CT molecular complexity index is 259. The smallest absolute Gasteiger partial charge is 0.224 e. The van der Waals surface area contributed by atoms with E-state index >= 15 is 0 Å². The van der Waals surface area contributed by atoms with Crippen molar-refractivity contribution in [3.63, 3.8) is 0 Å². The van der Waals surface area contributed by atoms with Crippen molar-refractivity contribution in [2.45, 2.75) is 37.5 Å². The lowest BCUT2D eigenvalue weighted by atomic mass is 9.97. The molecule has 0 aromatic heterocycles. The predicted octanol–water partition coefficient (Wildman–Crippen LogP) is 1.24. The van der Waals surface area contributed by atoms with Gasteiger partial charge in [0.1, 0.15) is 0 Å². The molecule has 0 spiro atoms. The van der Waals surface area contributed by atoms with Crippen LogP contribution < -0.4 is 10.6 Å². The fraction of sp³-hybridized carbons (Fsp3) is 0.917. The molecule has 2 aliphatic rings. The van der Waals surface area contributed by atoms with E-state index in [1.807, 2.05) is 11.8 Å². The number of carbonyl (C=O) groups is 1. The van der Waals surface area contributed by atoms with Crippen molar-refractivity contribution in [3.8, 4) is 0 Å². The number of hydrogen-bond donors (Lipinski definition) is 2. The van der Waals surface area contributed by atoms with E-state index in [-0.39, 0.29) is 11.8 Å². The lowest BCUT2D eigenvalue weighted by molar-refractivity contribution is -0.126. The number of thioether (sulfide) groups is 1. The van der Waals surface area contributed by atoms with Gasteiger partial charge >= 0.3 is 0 Å². The van der Waals surface area contributed by atoms with Crippen molar-refractivity contribution < 1.29 is 4.79 Å². The van der Waals surface area contributed by atoms with E-state index in [1.165, 1.54) is 6.42 Å². The van der Waals surface area contributed by atoms with Gasteiger partial charge in [-0.15, -0.1) is 0 Å². The summed E-state index contributed by atoms with van der Waals surface area (Å²) in [7, 11) is 0. The fourth-order valence-electron chi connectivity index (χ4n) is 2.75. The third-order valence-electron chi connectivity index (χ3n) is 3.92. The van der Waals surface area contributed by atoms with Crippen LogP contribution >= 0.6 is 11.8 Å². The van der Waals surface area contributed by atoms with Crippen LogP contribution in [-0.2, 0) is 4.79 Å². The summed E-state index contributed by atoms with van der Waals surface area (Å²) in [5.74, 6) is 0.940. The molecular weight excluding hydrogens is 220 g/mol. The lowest BCUT2D eigenvalue weighted by Gasteiger charge is -2.18. The van der Waals surface area contributed by atoms with Gasteiger partial charge in [0.05, 0.1) is 5.92 Å². The molecule has 92 valence electrons. The van der Waals surface area contributed by atoms with E-state index in [4.69, 9.17) is 0 Å². The van der Waals surface area contributed by atoms with Crippen molar-refractivity contribution in [2.75, 3.05) is 19.3 Å². The van der Waals surface area contributed by atoms with Gasteiger partial charge in [-0.1, -0.05) is 6.92 Å². The molecular formula is C12H22N2OS. The van der Waals surface area contributed by atoms with Crippen molar-refractivity contribution in [1.82, 2.24) is 10.6 Å². The van der Waals surface area contributed by atoms with Crippen LogP contribution in [0.1, 0.15) is 26.2 Å². The van der Waals surface area contributed by atoms with Crippen molar-refractivity contribution in [3.05, 3.63) is 0 Å². The molecule has 1 saturated heterocycles. The van der Waals surface area contributed by atoms with Gasteiger partial charge in [-0.25, -0.2) is 0 Å². The molecule has 16 heavy (non-hydrogen) atoms. The standard InChI is InChI=1S/C12H22N2OS/c1-8-6-13-7-11(8)12(15)14-9-3-4-10(5-9)16-2/h8-11,13H,3-7H2,1-2H3,(H,14,15). The summed E-state index contributed by atoms with van der Waals surface area (Å²) >= 11 is 1.93. The van der Waals surface area contributed by atoms with Crippen LogP contribution in [0.2, 0.25) is 0 Å². The Balaban J connectivity index is 1.79. The first kappa shape index (κ1) is 12.2. The second-order valence-corrected chi connectivity index (χ2v) is 6.26. The van der Waals surface area contributed by atoms with Gasteiger partial charge in [-0.3, -0.25) is 4.79 Å². The Kier molecular flexibility index (Phi) is 4.14. The second-order valence-electron chi connectivity index (χ2n) is 5.12. The third-order valence-corrected chi connectivity index (χ3v) is 5.01. The zero-order valence-corrected chi connectivity index (χ0v) is 11.0. The minimum atomic E-state index is 0.188. The Morgan fingerprint density at radius 2 is 2.19 bits per heavy atom. The molecule has 2 fully saturated rings. The maximum absolute atomic E-state index is 12.0. The van der Waals surface area contributed by atoms with E-state index in [9.17, 15) is 4.79 Å². The van der Waals surface area contributed by atoms with Crippen LogP contribution in [0.25, 0.3) is 0 Å². The molecule has 1 saturated carbocycles. The molecule has 1 amide bonds. The van der Waals surface area contributed by atoms with Crippen LogP contribution in [0.15, 0.2) is 0 Å². The average Bonchev–Trinajstić information content (AvgIpc) is 2.86. The number of nitrogens with one attached hydrogen (secondary N) is 2. The summed E-state index contributed by atoms with van der Waals surface area (Å²) in [5.41, 5.74) is 0. The molecule has 0 radical (unpaired) electrons. The summed E-state index contributed by atoms with van der Waals surface area (Å²) in [6.07, 6.45) is 5.73. The van der Waals surface area contributed by atoms with Crippen LogP contribution in [0.4, 0.5) is 0 Å². The van der Waals surface area contributed by atoms with E-state index < -0.39 is 0 Å². The summed E-state index contributed by atoms with van der Waals surface area (Å²) in [4.78, 5) is 12.0. The van der Waals surface area contributed by atoms with E-state index in [2.05, 4.69) is 23.8 Å². The van der Waals surface area contributed by atoms with Crippen LogP contribution in [0, 0.1) is 11.8 Å². The molecule has 1 heterocycles. The van der Waals surface area contributed by atoms with E-state index in [0.29, 0.717) is 12.0 Å². The fourth-order valence-corrected chi connectivity index (χ4v) is 3.55. The minimum Gasteiger partial charge on any atom is -0.353 e. The van der Waals surface area contributed by atoms with E-state index in [1.54, 1.807) is 0 Å². The molecule has 0 bridgehead atoms. The summed E-state index contributed by atoms with van der Waals surface area (Å²) in [6, 6.07) is 0.428. The highest BCUT2D eigenvalue weighted by atomic mass is 32.2. The van der Waals surface area contributed by atoms with Crippen molar-refractivity contribution >= 4 is 17.7 Å². The molecule has 4 unspecified atom stereocenters. The zero-order chi connectivity index (χ0) is 11.5. The summed E-state index contributed by atoms with van der Waals surface area (Å²) in [6.45, 7) is 3.99. The SMILES string of the molecule is CSC1CCC(NC(=O)C2CNCC2C)C1. The number of hydrogen-bond acceptors (Lipinski definition) is 3. The molecule has 2 rings (SSSR count). The van der Waals surface area contributed by atoms with Gasteiger partial charge in [-0.2, -0.15) is 11.8 Å². The highest BCUT2D eigenvalue weighted by Crippen LogP contribution is 2.28. The highest BCUT2D eigenvalue weighted by molar-refractivity contribution is 7.99. The van der Waals surface area contributed by atoms with Crippen LogP contribution in [-0.4, -0.2) is 36.5 Å². The molecule has 0 aromatic rings. The quantitative estimate of drug-likeness (QED) is 0.782. The Hall–Kier alpha value is -0.220. The molecule has 3 nitrogen and oxygen atoms in total. The second kappa shape index (κ2) is 5.41. The number of rotatable bonds is 3. The van der Waals surface area contributed by atoms with Gasteiger partial charge in [-0.05, 0) is 38.0 Å². The van der Waals surface area contributed by atoms with Crippen molar-refractivity contribution in [2.24, 2.45) is 11.8 Å². The topological polar surface area (TPSA) is 41.1 Å². The monoisotopic (exact) mass is 242 g/mol. The summed E-state index contributed by atoms with van der Waals surface area (Å²) < 4.78 is 0. The van der Waals surface area contributed by atoms with Gasteiger partial charge < -0.3 is 10.6 Å². The van der Waals surface area contributed by atoms with E-state index in [0.717, 1.165) is 31.2 Å². The van der Waals surface area contributed by atoms with Gasteiger partial charge in [0.2, 0.25) is 5.91 Å². The Labute approximate surface area is 102 Å². The maximum atomic E-state index is 12.0. The maximum Gasteiger partial charge on any atom is 0.224 e. The molecule has 4 heteroatoms. The van der Waals surface area contributed by atoms with Gasteiger partial charge in [0.15, 0.2) is 0 Å². The van der Waals surface area contributed by atoms with Crippen LogP contribution in [0.5, 0.6) is 0 Å². The highest BCUT2D eigenvalue weighted by Gasteiger charge is 2.32. The first-order chi connectivity index (χ1) is 7.70. The Morgan fingerprint density at radius 3 is 2.75 bits per heavy atom. The predicted molar refractivity (Wildman–Crippen MR) is 68.6 cm³/mol. The third kappa shape index (κ3) is 2.72. The first-order valence-electron chi connectivity index (χ1n) is 6.24. The molecule has 1 aliphatic heterocycles. The molecule has 0 aromatic carbocycles. The summed E-state index contributed by atoms with van der Waals surface area (Å²) in [5, 5.41) is 7.26. The molecule has 4 atom stereocenters. The molecule has 2 N–H and O–H groups in total. The van der Waals surface area contributed by atoms with Crippen LogP contribution in [0.3, 0.4) is 0 Å². The van der Waals surface area contributed by atoms with Crippen molar-refractivity contribution in [1.29, 1.82) is 0 Å². The number of carbonyl (C=O) groups excluding carboxylic acids is 1. The average molecular weight is 242 g/mol. The molecule has 1 aliphatic carbocycles. The zero-order valence-electron chi connectivity index (χ0n) is 10.2. The lowest BCUT2D eigenvalue weighted by Crippen LogP contribution is -2.40. The number of amides is 1.